The minimum absolute atomic E-state index is 0.0694. The van der Waals surface area contributed by atoms with Crippen LogP contribution in [0.4, 0.5) is 15.8 Å². The number of carbonyl (C=O) groups excluding carboxylic acids is 1. The molecule has 6 aromatic rings. The molecule has 0 aliphatic heterocycles. The van der Waals surface area contributed by atoms with Crippen LogP contribution in [0.3, 0.4) is 0 Å². The Morgan fingerprint density at radius 1 is 0.956 bits per heavy atom. The second-order valence-corrected chi connectivity index (χ2v) is 12.5. The number of imidazole rings is 1. The molecular formula is C33H35FN10O. The van der Waals surface area contributed by atoms with Gasteiger partial charge in [0.2, 0.25) is 5.91 Å². The van der Waals surface area contributed by atoms with Crippen LogP contribution in [0.25, 0.3) is 56.0 Å². The zero-order valence-electron chi connectivity index (χ0n) is 25.9. The summed E-state index contributed by atoms with van der Waals surface area (Å²) in [5.41, 5.74) is 6.50. The van der Waals surface area contributed by atoms with Crippen LogP contribution in [0.5, 0.6) is 0 Å². The Balaban J connectivity index is 1.33. The number of H-pyrrole nitrogens is 2. The number of halogens is 1. The first-order chi connectivity index (χ1) is 21.5. The third-order valence-corrected chi connectivity index (χ3v) is 7.17. The molecule has 45 heavy (non-hydrogen) atoms. The highest BCUT2D eigenvalue weighted by Gasteiger charge is 2.19. The number of fused-ring (bicyclic) bond motifs is 2. The summed E-state index contributed by atoms with van der Waals surface area (Å²) in [5, 5.41) is 14.5. The highest BCUT2D eigenvalue weighted by molar-refractivity contribution is 5.97. The van der Waals surface area contributed by atoms with Crippen LogP contribution >= 0.6 is 0 Å². The molecule has 0 saturated carbocycles. The minimum Gasteiger partial charge on any atom is -0.384 e. The molecule has 230 valence electrons. The summed E-state index contributed by atoms with van der Waals surface area (Å²) in [6.45, 7) is 7.56. The first-order valence-electron chi connectivity index (χ1n) is 14.7. The van der Waals surface area contributed by atoms with Crippen molar-refractivity contribution in [1.29, 1.82) is 0 Å². The summed E-state index contributed by atoms with van der Waals surface area (Å²) < 4.78 is 14.7. The van der Waals surface area contributed by atoms with Crippen LogP contribution in [-0.2, 0) is 4.79 Å². The van der Waals surface area contributed by atoms with Crippen molar-refractivity contribution in [2.45, 2.75) is 27.2 Å². The van der Waals surface area contributed by atoms with E-state index in [9.17, 15) is 9.18 Å². The number of carbonyl (C=O) groups is 1. The van der Waals surface area contributed by atoms with Gasteiger partial charge in [0.1, 0.15) is 17.0 Å². The fourth-order valence-electron chi connectivity index (χ4n) is 5.12. The van der Waals surface area contributed by atoms with E-state index in [1.165, 1.54) is 12.1 Å². The van der Waals surface area contributed by atoms with E-state index in [0.29, 0.717) is 58.2 Å². The molecule has 4 N–H and O–H groups in total. The van der Waals surface area contributed by atoms with Crippen molar-refractivity contribution in [2.24, 2.45) is 5.41 Å². The molecule has 0 aliphatic carbocycles. The summed E-state index contributed by atoms with van der Waals surface area (Å²) in [7, 11) is 3.98. The van der Waals surface area contributed by atoms with E-state index in [2.05, 4.69) is 45.7 Å². The average molecular weight is 607 g/mol. The molecule has 12 heteroatoms. The van der Waals surface area contributed by atoms with E-state index in [1.807, 2.05) is 59.1 Å². The number of nitrogens with zero attached hydrogens (tertiary/aromatic N) is 6. The molecule has 0 bridgehead atoms. The van der Waals surface area contributed by atoms with Gasteiger partial charge in [0.15, 0.2) is 17.1 Å². The molecule has 0 unspecified atom stereocenters. The van der Waals surface area contributed by atoms with Gasteiger partial charge in [-0.2, -0.15) is 5.10 Å². The number of nitrogens with one attached hydrogen (secondary N) is 4. The highest BCUT2D eigenvalue weighted by Crippen LogP contribution is 2.33. The third-order valence-electron chi connectivity index (χ3n) is 7.17. The number of anilines is 2. The van der Waals surface area contributed by atoms with Gasteiger partial charge in [-0.15, -0.1) is 0 Å². The Hall–Kier alpha value is -5.23. The Kier molecular flexibility index (Phi) is 7.98. The third kappa shape index (κ3) is 6.80. The van der Waals surface area contributed by atoms with Gasteiger partial charge in [0.25, 0.3) is 0 Å². The zero-order chi connectivity index (χ0) is 31.7. The van der Waals surface area contributed by atoms with E-state index >= 15 is 0 Å². The molecule has 5 heterocycles. The molecule has 0 spiro atoms. The van der Waals surface area contributed by atoms with Crippen molar-refractivity contribution in [1.82, 2.24) is 40.0 Å². The molecule has 1 aromatic carbocycles. The Labute approximate surface area is 259 Å². The van der Waals surface area contributed by atoms with Crippen molar-refractivity contribution in [3.8, 4) is 33.8 Å². The largest absolute Gasteiger partial charge is 0.384 e. The molecule has 5 aromatic heterocycles. The summed E-state index contributed by atoms with van der Waals surface area (Å²) >= 11 is 0. The number of likely N-dealkylation sites (N-methyl/N-ethyl adjacent to an activating group) is 1. The Bertz CT molecular complexity index is 2010. The van der Waals surface area contributed by atoms with Crippen LogP contribution in [-0.4, -0.2) is 73.1 Å². The SMILES string of the molecule is CN(C)CCNc1cc(F)cc(-c2ccnc3[nH]c(-c4n[nH]c5ncc(-c6cncc(NC(=O)CC(C)(C)C)c6)cc45)nc23)c1. The molecule has 1 amide bonds. The predicted octanol–water partition coefficient (Wildman–Crippen LogP) is 6.11. The number of amides is 1. The van der Waals surface area contributed by atoms with E-state index in [4.69, 9.17) is 4.98 Å². The highest BCUT2D eigenvalue weighted by atomic mass is 19.1. The topological polar surface area (TPSA) is 140 Å². The number of pyridine rings is 3. The summed E-state index contributed by atoms with van der Waals surface area (Å²) in [6, 6.07) is 10.5. The molecular weight excluding hydrogens is 571 g/mol. The number of aromatic nitrogens is 7. The van der Waals surface area contributed by atoms with Crippen molar-refractivity contribution >= 4 is 39.5 Å². The van der Waals surface area contributed by atoms with Gasteiger partial charge in [0.05, 0.1) is 17.3 Å². The van der Waals surface area contributed by atoms with E-state index in [0.717, 1.165) is 28.6 Å². The van der Waals surface area contributed by atoms with Gasteiger partial charge in [-0.1, -0.05) is 20.8 Å². The fourth-order valence-corrected chi connectivity index (χ4v) is 5.12. The van der Waals surface area contributed by atoms with Gasteiger partial charge in [-0.25, -0.2) is 19.3 Å². The minimum atomic E-state index is -0.343. The molecule has 0 radical (unpaired) electrons. The van der Waals surface area contributed by atoms with Gasteiger partial charge in [-0.05, 0) is 61.5 Å². The van der Waals surface area contributed by atoms with Crippen molar-refractivity contribution in [2.75, 3.05) is 37.8 Å². The van der Waals surface area contributed by atoms with E-state index < -0.39 is 0 Å². The predicted molar refractivity (Wildman–Crippen MR) is 175 cm³/mol. The van der Waals surface area contributed by atoms with Gasteiger partial charge in [-0.3, -0.25) is 14.9 Å². The summed E-state index contributed by atoms with van der Waals surface area (Å²) in [4.78, 5) is 36.1. The first-order valence-corrected chi connectivity index (χ1v) is 14.7. The zero-order valence-corrected chi connectivity index (χ0v) is 25.9. The lowest BCUT2D eigenvalue weighted by Crippen LogP contribution is -2.20. The number of aromatic amines is 2. The number of rotatable bonds is 9. The lowest BCUT2D eigenvalue weighted by molar-refractivity contribution is -0.117. The number of hydrogen-bond donors (Lipinski definition) is 4. The quantitative estimate of drug-likeness (QED) is 0.155. The smallest absolute Gasteiger partial charge is 0.224 e. The maximum Gasteiger partial charge on any atom is 0.224 e. The summed E-state index contributed by atoms with van der Waals surface area (Å²) in [6.07, 6.45) is 7.15. The summed E-state index contributed by atoms with van der Waals surface area (Å²) in [5.74, 6) is 0.0853. The molecule has 0 fully saturated rings. The number of benzene rings is 1. The fraction of sp³-hybridized carbons (Fsp3) is 0.273. The first kappa shape index (κ1) is 29.8. The second kappa shape index (κ2) is 12.0. The van der Waals surface area contributed by atoms with Crippen LogP contribution in [0.1, 0.15) is 27.2 Å². The van der Waals surface area contributed by atoms with Gasteiger partial charge < -0.3 is 20.5 Å². The van der Waals surface area contributed by atoms with Crippen molar-refractivity contribution in [3.63, 3.8) is 0 Å². The van der Waals surface area contributed by atoms with Gasteiger partial charge >= 0.3 is 0 Å². The normalized spacial score (nSPS) is 11.9. The molecule has 0 saturated heterocycles. The standard InChI is InChI=1S/C33H35FN10O/c1-33(2,3)15-27(45)39-24-12-20(16-35-18-24)21-13-26-29(42-43-30(26)38-17-21)32-40-28-25(6-7-37-31(28)41-32)19-10-22(34)14-23(11-19)36-8-9-44(4)5/h6-7,10-14,16-18,36H,8-9,15H2,1-5H3,(H,39,45)(H,37,40,41)(H,38,42,43). The number of hydrogen-bond acceptors (Lipinski definition) is 8. The molecule has 6 rings (SSSR count). The second-order valence-electron chi connectivity index (χ2n) is 12.5. The molecule has 11 nitrogen and oxygen atoms in total. The van der Waals surface area contributed by atoms with Crippen molar-refractivity contribution in [3.05, 3.63) is 67.0 Å². The van der Waals surface area contributed by atoms with Crippen LogP contribution in [0, 0.1) is 11.2 Å². The van der Waals surface area contributed by atoms with Crippen LogP contribution in [0.2, 0.25) is 0 Å². The maximum atomic E-state index is 14.7. The molecule has 0 atom stereocenters. The molecule has 0 aliphatic rings. The average Bonchev–Trinajstić information content (AvgIpc) is 3.59. The lowest BCUT2D eigenvalue weighted by atomic mass is 9.92. The van der Waals surface area contributed by atoms with E-state index in [1.54, 1.807) is 24.8 Å². The Morgan fingerprint density at radius 3 is 2.56 bits per heavy atom. The van der Waals surface area contributed by atoms with Gasteiger partial charge in [0, 0.05) is 60.5 Å². The van der Waals surface area contributed by atoms with Crippen molar-refractivity contribution < 1.29 is 9.18 Å². The Morgan fingerprint density at radius 2 is 1.76 bits per heavy atom. The lowest BCUT2D eigenvalue weighted by Gasteiger charge is -2.17. The van der Waals surface area contributed by atoms with E-state index in [-0.39, 0.29) is 17.1 Å². The maximum absolute atomic E-state index is 14.7. The van der Waals surface area contributed by atoms with Crippen LogP contribution < -0.4 is 10.6 Å². The monoisotopic (exact) mass is 606 g/mol. The van der Waals surface area contributed by atoms with Crippen LogP contribution in [0.15, 0.2) is 61.2 Å².